The van der Waals surface area contributed by atoms with Gasteiger partial charge in [0, 0.05) is 23.9 Å². The minimum absolute atomic E-state index is 0.0717. The van der Waals surface area contributed by atoms with Crippen molar-refractivity contribution in [3.8, 4) is 0 Å². The average Bonchev–Trinajstić information content (AvgIpc) is 2.25. The first-order valence-corrected chi connectivity index (χ1v) is 4.78. The van der Waals surface area contributed by atoms with E-state index < -0.39 is 0 Å². The number of hydrogen-bond acceptors (Lipinski definition) is 2. The van der Waals surface area contributed by atoms with E-state index in [1.54, 1.807) is 0 Å². The Labute approximate surface area is 82.8 Å². The highest BCUT2D eigenvalue weighted by Crippen LogP contribution is 2.17. The molecule has 14 heavy (non-hydrogen) atoms. The van der Waals surface area contributed by atoms with E-state index >= 15 is 0 Å². The number of carbonyl (C=O) groups is 1. The largest absolute Gasteiger partial charge is 0.356 e. The van der Waals surface area contributed by atoms with Crippen LogP contribution in [0.2, 0.25) is 0 Å². The standard InChI is InChI=1S/C9H14N4O/c10-13-12-7-6-11-9(14)8-4-2-1-3-5-8/h1-2,8H,3-7H2,(H,11,14). The number of amides is 1. The minimum Gasteiger partial charge on any atom is -0.356 e. The van der Waals surface area contributed by atoms with Gasteiger partial charge >= 0.3 is 0 Å². The van der Waals surface area contributed by atoms with Crippen molar-refractivity contribution in [2.45, 2.75) is 19.3 Å². The van der Waals surface area contributed by atoms with E-state index in [0.29, 0.717) is 13.1 Å². The van der Waals surface area contributed by atoms with E-state index in [-0.39, 0.29) is 11.8 Å². The van der Waals surface area contributed by atoms with Crippen LogP contribution in [0.15, 0.2) is 17.3 Å². The van der Waals surface area contributed by atoms with Crippen LogP contribution >= 0.6 is 0 Å². The summed E-state index contributed by atoms with van der Waals surface area (Å²) < 4.78 is 0. The molecule has 1 atom stereocenters. The third-order valence-electron chi connectivity index (χ3n) is 2.21. The van der Waals surface area contributed by atoms with Gasteiger partial charge in [-0.05, 0) is 24.8 Å². The molecule has 1 N–H and O–H groups in total. The molecule has 0 saturated heterocycles. The summed E-state index contributed by atoms with van der Waals surface area (Å²) in [6.45, 7) is 0.758. The van der Waals surface area contributed by atoms with Crippen molar-refractivity contribution in [3.63, 3.8) is 0 Å². The molecular weight excluding hydrogens is 180 g/mol. The number of azide groups is 1. The van der Waals surface area contributed by atoms with Gasteiger partial charge in [0.1, 0.15) is 0 Å². The molecule has 0 radical (unpaired) electrons. The lowest BCUT2D eigenvalue weighted by Gasteiger charge is -2.16. The molecule has 1 aliphatic carbocycles. The Kier molecular flexibility index (Phi) is 4.58. The fourth-order valence-electron chi connectivity index (χ4n) is 1.45. The Hall–Kier alpha value is -1.48. The zero-order chi connectivity index (χ0) is 10.2. The summed E-state index contributed by atoms with van der Waals surface area (Å²) in [6.07, 6.45) is 6.87. The molecular formula is C9H14N4O. The average molecular weight is 194 g/mol. The Bertz CT molecular complexity index is 268. The van der Waals surface area contributed by atoms with Crippen LogP contribution in [0, 0.1) is 5.92 Å². The lowest BCUT2D eigenvalue weighted by molar-refractivity contribution is -0.125. The molecule has 5 nitrogen and oxygen atoms in total. The van der Waals surface area contributed by atoms with Gasteiger partial charge in [0.15, 0.2) is 0 Å². The summed E-state index contributed by atoms with van der Waals surface area (Å²) in [5.74, 6) is 0.175. The van der Waals surface area contributed by atoms with Crippen LogP contribution in [0.5, 0.6) is 0 Å². The van der Waals surface area contributed by atoms with Gasteiger partial charge in [0.05, 0.1) is 0 Å². The predicted molar refractivity (Wildman–Crippen MR) is 53.5 cm³/mol. The van der Waals surface area contributed by atoms with E-state index in [2.05, 4.69) is 21.4 Å². The van der Waals surface area contributed by atoms with Crippen LogP contribution in [0.4, 0.5) is 0 Å². The third-order valence-corrected chi connectivity index (χ3v) is 2.21. The van der Waals surface area contributed by atoms with Crippen LogP contribution in [0.1, 0.15) is 19.3 Å². The summed E-state index contributed by atoms with van der Waals surface area (Å²) >= 11 is 0. The number of hydrogen-bond donors (Lipinski definition) is 1. The molecule has 5 heteroatoms. The number of allylic oxidation sites excluding steroid dienone is 2. The topological polar surface area (TPSA) is 77.9 Å². The van der Waals surface area contributed by atoms with E-state index in [4.69, 9.17) is 5.53 Å². The summed E-state index contributed by atoms with van der Waals surface area (Å²) in [6, 6.07) is 0. The van der Waals surface area contributed by atoms with Gasteiger partial charge in [0.25, 0.3) is 0 Å². The van der Waals surface area contributed by atoms with Crippen LogP contribution in [0.3, 0.4) is 0 Å². The SMILES string of the molecule is [N-]=[N+]=NCCNC(=O)C1CC=CCC1. The molecule has 1 aliphatic rings. The number of nitrogens with one attached hydrogen (secondary N) is 1. The Morgan fingerprint density at radius 2 is 2.50 bits per heavy atom. The smallest absolute Gasteiger partial charge is 0.223 e. The molecule has 1 rings (SSSR count). The maximum Gasteiger partial charge on any atom is 0.223 e. The molecule has 0 saturated carbocycles. The van der Waals surface area contributed by atoms with Gasteiger partial charge in [-0.3, -0.25) is 4.79 Å². The van der Waals surface area contributed by atoms with Gasteiger partial charge in [-0.15, -0.1) is 0 Å². The van der Waals surface area contributed by atoms with Crippen molar-refractivity contribution in [2.75, 3.05) is 13.1 Å². The van der Waals surface area contributed by atoms with Gasteiger partial charge in [-0.2, -0.15) is 0 Å². The molecule has 0 heterocycles. The lowest BCUT2D eigenvalue weighted by atomic mass is 9.94. The number of carbonyl (C=O) groups excluding carboxylic acids is 1. The second-order valence-electron chi connectivity index (χ2n) is 3.23. The van der Waals surface area contributed by atoms with Crippen molar-refractivity contribution in [1.82, 2.24) is 5.32 Å². The van der Waals surface area contributed by atoms with Crippen molar-refractivity contribution < 1.29 is 4.79 Å². The van der Waals surface area contributed by atoms with Gasteiger partial charge in [-0.1, -0.05) is 17.3 Å². The maximum atomic E-state index is 11.5. The molecule has 0 bridgehead atoms. The molecule has 1 amide bonds. The van der Waals surface area contributed by atoms with Gasteiger partial charge in [0.2, 0.25) is 5.91 Å². The highest BCUT2D eigenvalue weighted by Gasteiger charge is 2.17. The summed E-state index contributed by atoms with van der Waals surface area (Å²) in [5, 5.41) is 6.09. The normalized spacial score (nSPS) is 19.9. The maximum absolute atomic E-state index is 11.5. The Morgan fingerprint density at radius 1 is 1.64 bits per heavy atom. The van der Waals surface area contributed by atoms with Gasteiger partial charge in [-0.25, -0.2) is 0 Å². The molecule has 76 valence electrons. The predicted octanol–water partition coefficient (Wildman–Crippen LogP) is 1.77. The first-order valence-electron chi connectivity index (χ1n) is 4.78. The van der Waals surface area contributed by atoms with E-state index in [1.165, 1.54) is 0 Å². The number of rotatable bonds is 4. The van der Waals surface area contributed by atoms with Crippen LogP contribution < -0.4 is 5.32 Å². The summed E-state index contributed by atoms with van der Waals surface area (Å²) in [7, 11) is 0. The van der Waals surface area contributed by atoms with Crippen molar-refractivity contribution in [2.24, 2.45) is 11.0 Å². The third kappa shape index (κ3) is 3.49. The van der Waals surface area contributed by atoms with E-state index in [9.17, 15) is 4.79 Å². The van der Waals surface area contributed by atoms with E-state index in [0.717, 1.165) is 19.3 Å². The Balaban J connectivity index is 2.20. The molecule has 0 aliphatic heterocycles. The van der Waals surface area contributed by atoms with Crippen LogP contribution in [0.25, 0.3) is 10.4 Å². The summed E-state index contributed by atoms with van der Waals surface area (Å²) in [5.41, 5.74) is 8.02. The highest BCUT2D eigenvalue weighted by molar-refractivity contribution is 5.78. The highest BCUT2D eigenvalue weighted by atomic mass is 16.1. The van der Waals surface area contributed by atoms with Gasteiger partial charge < -0.3 is 5.32 Å². The lowest BCUT2D eigenvalue weighted by Crippen LogP contribution is -2.32. The fourth-order valence-corrected chi connectivity index (χ4v) is 1.45. The first kappa shape index (κ1) is 10.6. The number of nitrogens with zero attached hydrogens (tertiary/aromatic N) is 3. The van der Waals surface area contributed by atoms with Crippen molar-refractivity contribution >= 4 is 5.91 Å². The molecule has 0 aromatic carbocycles. The monoisotopic (exact) mass is 194 g/mol. The zero-order valence-corrected chi connectivity index (χ0v) is 8.02. The zero-order valence-electron chi connectivity index (χ0n) is 8.02. The van der Waals surface area contributed by atoms with Crippen molar-refractivity contribution in [1.29, 1.82) is 0 Å². The summed E-state index contributed by atoms with van der Waals surface area (Å²) in [4.78, 5) is 14.1. The van der Waals surface area contributed by atoms with E-state index in [1.807, 2.05) is 6.08 Å². The second-order valence-corrected chi connectivity index (χ2v) is 3.23. The first-order chi connectivity index (χ1) is 6.84. The minimum atomic E-state index is 0.0717. The molecule has 1 unspecified atom stereocenters. The Morgan fingerprint density at radius 3 is 3.14 bits per heavy atom. The second kappa shape index (κ2) is 6.05. The quantitative estimate of drug-likeness (QED) is 0.239. The fraction of sp³-hybridized carbons (Fsp3) is 0.667. The molecule has 0 aromatic heterocycles. The molecule has 0 aromatic rings. The molecule has 0 fully saturated rings. The molecule has 0 spiro atoms. The van der Waals surface area contributed by atoms with Crippen LogP contribution in [-0.2, 0) is 4.79 Å². The van der Waals surface area contributed by atoms with Crippen molar-refractivity contribution in [3.05, 3.63) is 22.6 Å². The van der Waals surface area contributed by atoms with Crippen LogP contribution in [-0.4, -0.2) is 19.0 Å².